The van der Waals surface area contributed by atoms with E-state index in [0.717, 1.165) is 0 Å². The minimum atomic E-state index is -1.69. The third-order valence-electron chi connectivity index (χ3n) is 5.02. The van der Waals surface area contributed by atoms with Crippen molar-refractivity contribution in [2.75, 3.05) is 0 Å². The van der Waals surface area contributed by atoms with E-state index in [1.807, 2.05) is 27.7 Å². The van der Waals surface area contributed by atoms with E-state index in [-0.39, 0.29) is 34.7 Å². The number of hydrogen-bond acceptors (Lipinski definition) is 6. The average molecular weight is 400 g/mol. The van der Waals surface area contributed by atoms with Gasteiger partial charge in [0.15, 0.2) is 5.78 Å². The molecule has 0 fully saturated rings. The summed E-state index contributed by atoms with van der Waals surface area (Å²) in [6, 6.07) is 5.77. The lowest BCUT2D eigenvalue weighted by atomic mass is 9.75. The molecule has 7 nitrogen and oxygen atoms in total. The molecule has 1 amide bonds. The second kappa shape index (κ2) is 9.37. The topological polar surface area (TPSA) is 116 Å². The van der Waals surface area contributed by atoms with Gasteiger partial charge in [-0.3, -0.25) is 14.4 Å². The molecule has 1 aliphatic rings. The van der Waals surface area contributed by atoms with Gasteiger partial charge in [0.1, 0.15) is 6.04 Å². The Labute approximate surface area is 171 Å². The summed E-state index contributed by atoms with van der Waals surface area (Å²) in [5.41, 5.74) is 1.02. The van der Waals surface area contributed by atoms with Gasteiger partial charge in [-0.25, -0.2) is 0 Å². The van der Waals surface area contributed by atoms with Gasteiger partial charge in [-0.05, 0) is 25.2 Å². The number of allylic oxidation sites excluding steroid dienone is 2. The summed E-state index contributed by atoms with van der Waals surface area (Å²) in [7, 11) is -1.69. The monoisotopic (exact) mass is 400 g/mol. The fraction of sp³-hybridized carbons (Fsp3) is 0.476. The Hall–Kier alpha value is -2.45. The van der Waals surface area contributed by atoms with Gasteiger partial charge < -0.3 is 20.7 Å². The Balaban J connectivity index is 2.28. The maximum atomic E-state index is 12.9. The zero-order valence-electron chi connectivity index (χ0n) is 17.5. The van der Waals surface area contributed by atoms with Crippen molar-refractivity contribution in [1.82, 2.24) is 10.6 Å². The van der Waals surface area contributed by atoms with E-state index in [9.17, 15) is 24.4 Å². The lowest BCUT2D eigenvalue weighted by Crippen LogP contribution is -2.55. The van der Waals surface area contributed by atoms with Crippen LogP contribution in [0.2, 0.25) is 0 Å². The number of fused-ring (bicyclic) bond motifs is 1. The first-order chi connectivity index (χ1) is 13.5. The van der Waals surface area contributed by atoms with Crippen LogP contribution in [0.1, 0.15) is 61.8 Å². The molecular weight excluding hydrogens is 371 g/mol. The lowest BCUT2D eigenvalue weighted by Gasteiger charge is -2.29. The maximum absolute atomic E-state index is 12.9. The van der Waals surface area contributed by atoms with Gasteiger partial charge in [-0.2, -0.15) is 0 Å². The highest BCUT2D eigenvalue weighted by Gasteiger charge is 2.35. The molecule has 4 N–H and O–H groups in total. The van der Waals surface area contributed by atoms with Crippen LogP contribution >= 0.6 is 0 Å². The SMILES string of the molecule is CC1=C(N[C@H](C(=O)N[C@@H](CC(C)C)B(O)O)C(C)C)C(=O)c2ccccc2C1=O. The molecule has 0 aromatic heterocycles. The Morgan fingerprint density at radius 2 is 1.59 bits per heavy atom. The summed E-state index contributed by atoms with van der Waals surface area (Å²) in [4.78, 5) is 38.5. The lowest BCUT2D eigenvalue weighted by molar-refractivity contribution is -0.124. The third-order valence-corrected chi connectivity index (χ3v) is 5.02. The summed E-state index contributed by atoms with van der Waals surface area (Å²) in [6.45, 7) is 9.01. The molecule has 0 spiro atoms. The predicted molar refractivity (Wildman–Crippen MR) is 111 cm³/mol. The molecule has 2 atom stereocenters. The number of carbonyl (C=O) groups excluding carboxylic acids is 3. The zero-order valence-corrected chi connectivity index (χ0v) is 17.5. The van der Waals surface area contributed by atoms with E-state index in [0.29, 0.717) is 17.5 Å². The minimum absolute atomic E-state index is 0.104. The highest BCUT2D eigenvalue weighted by molar-refractivity contribution is 6.43. The normalized spacial score (nSPS) is 16.0. The molecule has 1 aliphatic carbocycles. The van der Waals surface area contributed by atoms with Crippen molar-refractivity contribution >= 4 is 24.6 Å². The van der Waals surface area contributed by atoms with Crippen LogP contribution in [0.5, 0.6) is 0 Å². The predicted octanol–water partition coefficient (Wildman–Crippen LogP) is 1.50. The summed E-state index contributed by atoms with van der Waals surface area (Å²) in [5.74, 6) is -1.95. The molecule has 2 rings (SSSR count). The van der Waals surface area contributed by atoms with Gasteiger partial charge in [0.2, 0.25) is 11.7 Å². The molecule has 8 heteroatoms. The van der Waals surface area contributed by atoms with Crippen LogP contribution in [0, 0.1) is 11.8 Å². The van der Waals surface area contributed by atoms with Crippen LogP contribution in [-0.4, -0.2) is 46.6 Å². The largest absolute Gasteiger partial charge is 0.475 e. The number of hydrogen-bond donors (Lipinski definition) is 4. The Kier molecular flexibility index (Phi) is 7.38. The number of carbonyl (C=O) groups is 3. The average Bonchev–Trinajstić information content (AvgIpc) is 2.65. The first kappa shape index (κ1) is 22.8. The van der Waals surface area contributed by atoms with E-state index in [4.69, 9.17) is 0 Å². The zero-order chi connectivity index (χ0) is 21.9. The molecule has 1 aromatic carbocycles. The first-order valence-corrected chi connectivity index (χ1v) is 9.86. The van der Waals surface area contributed by atoms with Crippen LogP contribution in [-0.2, 0) is 4.79 Å². The smallest absolute Gasteiger partial charge is 0.426 e. The van der Waals surface area contributed by atoms with E-state index in [1.54, 1.807) is 31.2 Å². The van der Waals surface area contributed by atoms with Crippen LogP contribution in [0.15, 0.2) is 35.5 Å². The number of nitrogens with one attached hydrogen (secondary N) is 2. The second-order valence-electron chi connectivity index (χ2n) is 8.23. The summed E-state index contributed by atoms with van der Waals surface area (Å²) in [6.07, 6.45) is 0.390. The van der Waals surface area contributed by atoms with Crippen molar-refractivity contribution in [3.05, 3.63) is 46.7 Å². The Morgan fingerprint density at radius 3 is 2.07 bits per heavy atom. The molecule has 0 heterocycles. The molecule has 0 aliphatic heterocycles. The maximum Gasteiger partial charge on any atom is 0.475 e. The molecule has 0 unspecified atom stereocenters. The number of amides is 1. The Bertz CT molecular complexity index is 832. The molecule has 0 radical (unpaired) electrons. The summed E-state index contributed by atoms with van der Waals surface area (Å²) in [5, 5.41) is 24.8. The van der Waals surface area contributed by atoms with Gasteiger partial charge in [0.05, 0.1) is 11.6 Å². The quantitative estimate of drug-likeness (QED) is 0.492. The minimum Gasteiger partial charge on any atom is -0.426 e. The van der Waals surface area contributed by atoms with Crippen molar-refractivity contribution in [1.29, 1.82) is 0 Å². The van der Waals surface area contributed by atoms with Crippen molar-refractivity contribution < 1.29 is 24.4 Å². The molecular formula is C21H29BN2O5. The highest BCUT2D eigenvalue weighted by Crippen LogP contribution is 2.25. The number of rotatable bonds is 8. The van der Waals surface area contributed by atoms with Crippen LogP contribution < -0.4 is 10.6 Å². The van der Waals surface area contributed by atoms with Gasteiger partial charge in [0, 0.05) is 16.7 Å². The molecule has 1 aromatic rings. The van der Waals surface area contributed by atoms with Gasteiger partial charge in [-0.15, -0.1) is 0 Å². The second-order valence-corrected chi connectivity index (χ2v) is 8.23. The standard InChI is InChI=1S/C21H29BN2O5/c1-11(2)10-16(22(28)29)23-21(27)17(12(3)4)24-18-13(5)19(25)14-8-6-7-9-15(14)20(18)26/h6-9,11-12,16-17,24,28-29H,10H2,1-5H3,(H,23,27)/t16-,17-/m0/s1. The van der Waals surface area contributed by atoms with E-state index >= 15 is 0 Å². The number of ketones is 2. The fourth-order valence-corrected chi connectivity index (χ4v) is 3.40. The van der Waals surface area contributed by atoms with Crippen LogP contribution in [0.4, 0.5) is 0 Å². The molecule has 29 heavy (non-hydrogen) atoms. The highest BCUT2D eigenvalue weighted by atomic mass is 16.4. The van der Waals surface area contributed by atoms with Crippen molar-refractivity contribution in [3.63, 3.8) is 0 Å². The fourth-order valence-electron chi connectivity index (χ4n) is 3.40. The molecule has 0 bridgehead atoms. The van der Waals surface area contributed by atoms with E-state index in [1.165, 1.54) is 0 Å². The van der Waals surface area contributed by atoms with Crippen LogP contribution in [0.3, 0.4) is 0 Å². The first-order valence-electron chi connectivity index (χ1n) is 9.86. The van der Waals surface area contributed by atoms with Gasteiger partial charge in [-0.1, -0.05) is 52.0 Å². The van der Waals surface area contributed by atoms with Gasteiger partial charge in [0.25, 0.3) is 0 Å². The molecule has 0 saturated carbocycles. The van der Waals surface area contributed by atoms with Gasteiger partial charge >= 0.3 is 7.12 Å². The van der Waals surface area contributed by atoms with Crippen molar-refractivity contribution in [2.45, 2.75) is 53.0 Å². The van der Waals surface area contributed by atoms with Crippen molar-refractivity contribution in [3.8, 4) is 0 Å². The summed E-state index contributed by atoms with van der Waals surface area (Å²) < 4.78 is 0. The number of benzene rings is 1. The van der Waals surface area contributed by atoms with Crippen molar-refractivity contribution in [2.24, 2.45) is 11.8 Å². The summed E-state index contributed by atoms with van der Waals surface area (Å²) >= 11 is 0. The molecule has 156 valence electrons. The molecule has 0 saturated heterocycles. The van der Waals surface area contributed by atoms with E-state index in [2.05, 4.69) is 10.6 Å². The Morgan fingerprint density at radius 1 is 1.03 bits per heavy atom. The third kappa shape index (κ3) is 5.13. The van der Waals surface area contributed by atoms with E-state index < -0.39 is 25.0 Å². The number of Topliss-reactive ketones (excluding diaryl/α,β-unsaturated/α-hetero) is 2. The van der Waals surface area contributed by atoms with Crippen LogP contribution in [0.25, 0.3) is 0 Å².